The fourth-order valence-electron chi connectivity index (χ4n) is 5.00. The number of benzene rings is 2. The Morgan fingerprint density at radius 2 is 1.43 bits per heavy atom. The van der Waals surface area contributed by atoms with Crippen molar-refractivity contribution in [3.8, 4) is 0 Å². The molecule has 5 rings (SSSR count). The Labute approximate surface area is 178 Å². The standard InChI is InChI=1S/C24H30N6/c1-4-10-20(11-5-1)23(24-25-26-27-30(24)22-14-8-3-9-15-22)29-18-16-28(17-19-29)21-12-6-2-7-13-21/h1-2,4-7,10-13,22-23H,3,8-9,14-19H2/t23-/m1/s1. The monoisotopic (exact) mass is 402 g/mol. The predicted molar refractivity (Wildman–Crippen MR) is 118 cm³/mol. The fraction of sp³-hybridized carbons (Fsp3) is 0.458. The average molecular weight is 403 g/mol. The minimum atomic E-state index is 0.0982. The average Bonchev–Trinajstić information content (AvgIpc) is 3.31. The number of para-hydroxylation sites is 1. The summed E-state index contributed by atoms with van der Waals surface area (Å²) in [5, 5.41) is 13.2. The van der Waals surface area contributed by atoms with Gasteiger partial charge in [-0.3, -0.25) is 4.90 Å². The van der Waals surface area contributed by atoms with Crippen molar-refractivity contribution in [2.75, 3.05) is 31.1 Å². The largest absolute Gasteiger partial charge is 0.369 e. The molecule has 1 aromatic heterocycles. The topological polar surface area (TPSA) is 50.1 Å². The maximum Gasteiger partial charge on any atom is 0.173 e. The first-order chi connectivity index (χ1) is 14.9. The number of hydrogen-bond donors (Lipinski definition) is 0. The van der Waals surface area contributed by atoms with Gasteiger partial charge in [0.25, 0.3) is 0 Å². The Hall–Kier alpha value is -2.73. The van der Waals surface area contributed by atoms with Crippen LogP contribution in [0.5, 0.6) is 0 Å². The van der Waals surface area contributed by atoms with Crippen LogP contribution in [0.2, 0.25) is 0 Å². The van der Waals surface area contributed by atoms with E-state index in [1.165, 1.54) is 43.4 Å². The van der Waals surface area contributed by atoms with Crippen LogP contribution in [-0.4, -0.2) is 51.3 Å². The molecule has 0 N–H and O–H groups in total. The van der Waals surface area contributed by atoms with Crippen LogP contribution in [0.4, 0.5) is 5.69 Å². The first kappa shape index (κ1) is 19.2. The van der Waals surface area contributed by atoms with Crippen molar-refractivity contribution in [3.63, 3.8) is 0 Å². The van der Waals surface area contributed by atoms with Crippen molar-refractivity contribution >= 4 is 5.69 Å². The molecule has 30 heavy (non-hydrogen) atoms. The number of rotatable bonds is 5. The van der Waals surface area contributed by atoms with Gasteiger partial charge in [-0.05, 0) is 41.0 Å². The smallest absolute Gasteiger partial charge is 0.173 e. The molecule has 1 atom stereocenters. The number of hydrogen-bond acceptors (Lipinski definition) is 5. The van der Waals surface area contributed by atoms with Crippen LogP contribution in [0, 0.1) is 0 Å². The van der Waals surface area contributed by atoms with Crippen molar-refractivity contribution in [2.45, 2.75) is 44.2 Å². The molecule has 0 spiro atoms. The van der Waals surface area contributed by atoms with E-state index in [1.807, 2.05) is 0 Å². The van der Waals surface area contributed by atoms with Crippen LogP contribution in [0.1, 0.15) is 55.6 Å². The summed E-state index contributed by atoms with van der Waals surface area (Å²) in [5.41, 5.74) is 2.58. The highest BCUT2D eigenvalue weighted by Crippen LogP contribution is 2.33. The third kappa shape index (κ3) is 3.97. The van der Waals surface area contributed by atoms with Gasteiger partial charge in [0, 0.05) is 31.9 Å². The maximum absolute atomic E-state index is 4.57. The zero-order valence-corrected chi connectivity index (χ0v) is 17.5. The summed E-state index contributed by atoms with van der Waals surface area (Å²) in [4.78, 5) is 5.03. The van der Waals surface area contributed by atoms with Crippen molar-refractivity contribution in [1.29, 1.82) is 0 Å². The van der Waals surface area contributed by atoms with E-state index in [-0.39, 0.29) is 6.04 Å². The van der Waals surface area contributed by atoms with E-state index < -0.39 is 0 Å². The minimum absolute atomic E-state index is 0.0982. The van der Waals surface area contributed by atoms with E-state index in [1.54, 1.807) is 0 Å². The molecule has 156 valence electrons. The number of nitrogens with zero attached hydrogens (tertiary/aromatic N) is 6. The van der Waals surface area contributed by atoms with E-state index in [0.717, 1.165) is 32.0 Å². The van der Waals surface area contributed by atoms with E-state index >= 15 is 0 Å². The second kappa shape index (κ2) is 8.96. The van der Waals surface area contributed by atoms with Crippen LogP contribution < -0.4 is 4.90 Å². The second-order valence-corrected chi connectivity index (χ2v) is 8.45. The van der Waals surface area contributed by atoms with Crippen LogP contribution >= 0.6 is 0 Å². The van der Waals surface area contributed by atoms with Crippen molar-refractivity contribution < 1.29 is 0 Å². The van der Waals surface area contributed by atoms with Crippen LogP contribution in [0.25, 0.3) is 0 Å². The Balaban J connectivity index is 1.41. The molecule has 0 bridgehead atoms. The molecule has 6 heteroatoms. The highest BCUT2D eigenvalue weighted by molar-refractivity contribution is 5.46. The van der Waals surface area contributed by atoms with E-state index in [0.29, 0.717) is 6.04 Å². The predicted octanol–water partition coefficient (Wildman–Crippen LogP) is 4.09. The molecule has 2 aromatic carbocycles. The van der Waals surface area contributed by atoms with Gasteiger partial charge in [0.05, 0.1) is 12.1 Å². The maximum atomic E-state index is 4.57. The van der Waals surface area contributed by atoms with Gasteiger partial charge in [0.2, 0.25) is 0 Å². The van der Waals surface area contributed by atoms with Gasteiger partial charge in [-0.2, -0.15) is 0 Å². The minimum Gasteiger partial charge on any atom is -0.369 e. The van der Waals surface area contributed by atoms with Crippen molar-refractivity contribution in [2.24, 2.45) is 0 Å². The molecule has 1 aliphatic heterocycles. The molecule has 1 saturated carbocycles. The molecule has 0 radical (unpaired) electrons. The third-order valence-electron chi connectivity index (χ3n) is 6.60. The van der Waals surface area contributed by atoms with Gasteiger partial charge >= 0.3 is 0 Å². The van der Waals surface area contributed by atoms with E-state index in [4.69, 9.17) is 0 Å². The Morgan fingerprint density at radius 3 is 2.13 bits per heavy atom. The first-order valence-electron chi connectivity index (χ1n) is 11.3. The van der Waals surface area contributed by atoms with Crippen LogP contribution in [-0.2, 0) is 0 Å². The van der Waals surface area contributed by atoms with Gasteiger partial charge in [-0.1, -0.05) is 67.8 Å². The lowest BCUT2D eigenvalue weighted by atomic mass is 9.95. The molecular formula is C24H30N6. The lowest BCUT2D eigenvalue weighted by Gasteiger charge is -2.40. The van der Waals surface area contributed by atoms with Crippen LogP contribution in [0.3, 0.4) is 0 Å². The quantitative estimate of drug-likeness (QED) is 0.643. The van der Waals surface area contributed by atoms with Gasteiger partial charge in [-0.15, -0.1) is 5.10 Å². The molecule has 2 heterocycles. The van der Waals surface area contributed by atoms with E-state index in [9.17, 15) is 0 Å². The number of piperazine rings is 1. The van der Waals surface area contributed by atoms with Gasteiger partial charge < -0.3 is 4.90 Å². The number of anilines is 1. The van der Waals surface area contributed by atoms with E-state index in [2.05, 4.69) is 90.7 Å². The summed E-state index contributed by atoms with van der Waals surface area (Å²) in [6.07, 6.45) is 6.24. The highest BCUT2D eigenvalue weighted by atomic mass is 15.6. The Kier molecular flexibility index (Phi) is 5.75. The van der Waals surface area contributed by atoms with Crippen molar-refractivity contribution in [1.82, 2.24) is 25.1 Å². The molecule has 2 aliphatic rings. The third-order valence-corrected chi connectivity index (χ3v) is 6.60. The SMILES string of the molecule is c1ccc([C@H](c2nnnn2C2CCCCC2)N2CCN(c3ccccc3)CC2)cc1. The Morgan fingerprint density at radius 1 is 0.767 bits per heavy atom. The fourth-order valence-corrected chi connectivity index (χ4v) is 5.00. The summed E-state index contributed by atoms with van der Waals surface area (Å²) < 4.78 is 2.14. The number of aromatic nitrogens is 4. The Bertz CT molecular complexity index is 911. The highest BCUT2D eigenvalue weighted by Gasteiger charge is 2.32. The van der Waals surface area contributed by atoms with Gasteiger partial charge in [-0.25, -0.2) is 4.68 Å². The molecule has 1 aliphatic carbocycles. The molecule has 0 amide bonds. The van der Waals surface area contributed by atoms with Crippen LogP contribution in [0.15, 0.2) is 60.7 Å². The molecular weight excluding hydrogens is 372 g/mol. The summed E-state index contributed by atoms with van der Waals surface area (Å²) in [5.74, 6) is 1.00. The lowest BCUT2D eigenvalue weighted by Crippen LogP contribution is -2.48. The first-order valence-corrected chi connectivity index (χ1v) is 11.3. The summed E-state index contributed by atoms with van der Waals surface area (Å²) in [6, 6.07) is 22.0. The molecule has 2 fully saturated rings. The molecule has 1 saturated heterocycles. The summed E-state index contributed by atoms with van der Waals surface area (Å²) in [7, 11) is 0. The molecule has 0 unspecified atom stereocenters. The zero-order valence-electron chi connectivity index (χ0n) is 17.5. The zero-order chi connectivity index (χ0) is 20.2. The molecule has 3 aromatic rings. The summed E-state index contributed by atoms with van der Waals surface area (Å²) in [6.45, 7) is 4.01. The molecule has 6 nitrogen and oxygen atoms in total. The summed E-state index contributed by atoms with van der Waals surface area (Å²) >= 11 is 0. The van der Waals surface area contributed by atoms with Gasteiger partial charge in [0.15, 0.2) is 5.82 Å². The van der Waals surface area contributed by atoms with Crippen molar-refractivity contribution in [3.05, 3.63) is 72.1 Å². The second-order valence-electron chi connectivity index (χ2n) is 8.45. The number of tetrazole rings is 1. The van der Waals surface area contributed by atoms with Gasteiger partial charge in [0.1, 0.15) is 0 Å². The normalized spacial score (nSPS) is 19.7. The lowest BCUT2D eigenvalue weighted by molar-refractivity contribution is 0.193.